The highest BCUT2D eigenvalue weighted by atomic mass is 32.1. The molecular weight excluding hydrogens is 360 g/mol. The van der Waals surface area contributed by atoms with Crippen molar-refractivity contribution in [2.45, 2.75) is 39.7 Å². The topological polar surface area (TPSA) is 68.5 Å². The molecule has 26 heavy (non-hydrogen) atoms. The second-order valence-corrected chi connectivity index (χ2v) is 6.67. The second kappa shape index (κ2) is 6.71. The maximum atomic E-state index is 13.8. The average molecular weight is 379 g/mol. The van der Waals surface area contributed by atoms with Gasteiger partial charge in [-0.15, -0.1) is 0 Å². The summed E-state index contributed by atoms with van der Waals surface area (Å²) >= 11 is 5.27. The van der Waals surface area contributed by atoms with Gasteiger partial charge in [0.2, 0.25) is 0 Å². The quantitative estimate of drug-likeness (QED) is 0.694. The normalized spacial score (nSPS) is 12.9. The first-order valence-electron chi connectivity index (χ1n) is 8.22. The first-order valence-corrected chi connectivity index (χ1v) is 8.63. The number of H-pyrrole nitrogens is 1. The van der Waals surface area contributed by atoms with E-state index in [0.717, 1.165) is 0 Å². The molecule has 3 rings (SSSR count). The molecule has 9 heteroatoms. The molecule has 0 aliphatic carbocycles. The minimum absolute atomic E-state index is 0.106. The molecule has 0 aromatic carbocycles. The van der Waals surface area contributed by atoms with E-state index in [0.29, 0.717) is 23.4 Å². The SMILES string of the molecule is CCC(C)n1c(=S)[nH]c(=O)c2c(C(F)F)cc(-c3cn(C)nc3C)nc21. The first kappa shape index (κ1) is 18.4. The van der Waals surface area contributed by atoms with E-state index in [1.54, 1.807) is 29.4 Å². The number of rotatable bonds is 4. The van der Waals surface area contributed by atoms with Gasteiger partial charge in [-0.2, -0.15) is 5.10 Å². The Morgan fingerprint density at radius 1 is 1.38 bits per heavy atom. The summed E-state index contributed by atoms with van der Waals surface area (Å²) in [5.41, 5.74) is 0.805. The third kappa shape index (κ3) is 2.96. The van der Waals surface area contributed by atoms with Crippen LogP contribution in [0, 0.1) is 11.7 Å². The summed E-state index contributed by atoms with van der Waals surface area (Å²) in [6, 6.07) is 1.15. The number of aryl methyl sites for hydroxylation is 2. The predicted molar refractivity (Wildman–Crippen MR) is 98.1 cm³/mol. The van der Waals surface area contributed by atoms with E-state index in [1.807, 2.05) is 13.8 Å². The molecule has 0 aliphatic heterocycles. The molecule has 1 N–H and O–H groups in total. The fourth-order valence-electron chi connectivity index (χ4n) is 3.03. The molecular formula is C17H19F2N5OS. The molecule has 1 unspecified atom stereocenters. The van der Waals surface area contributed by atoms with Crippen molar-refractivity contribution >= 4 is 23.3 Å². The molecule has 0 fully saturated rings. The van der Waals surface area contributed by atoms with Gasteiger partial charge in [0.1, 0.15) is 5.65 Å². The van der Waals surface area contributed by atoms with Crippen LogP contribution in [0.1, 0.15) is 44.0 Å². The number of hydrogen-bond donors (Lipinski definition) is 1. The first-order chi connectivity index (χ1) is 12.2. The van der Waals surface area contributed by atoms with E-state index in [4.69, 9.17) is 12.2 Å². The molecule has 0 saturated carbocycles. The van der Waals surface area contributed by atoms with Crippen LogP contribution in [-0.2, 0) is 7.05 Å². The highest BCUT2D eigenvalue weighted by molar-refractivity contribution is 7.71. The van der Waals surface area contributed by atoms with Crippen LogP contribution in [0.5, 0.6) is 0 Å². The van der Waals surface area contributed by atoms with Gasteiger partial charge in [-0.05, 0) is 38.6 Å². The lowest BCUT2D eigenvalue weighted by Crippen LogP contribution is -2.19. The van der Waals surface area contributed by atoms with Crippen molar-refractivity contribution in [3.8, 4) is 11.3 Å². The zero-order valence-corrected chi connectivity index (χ0v) is 15.7. The van der Waals surface area contributed by atoms with Gasteiger partial charge in [0.15, 0.2) is 4.77 Å². The average Bonchev–Trinajstić information content (AvgIpc) is 2.91. The summed E-state index contributed by atoms with van der Waals surface area (Å²) in [6.07, 6.45) is -0.399. The van der Waals surface area contributed by atoms with Gasteiger partial charge in [-0.3, -0.25) is 19.0 Å². The van der Waals surface area contributed by atoms with Gasteiger partial charge >= 0.3 is 0 Å². The monoisotopic (exact) mass is 379 g/mol. The van der Waals surface area contributed by atoms with Crippen molar-refractivity contribution in [2.24, 2.45) is 7.05 Å². The Morgan fingerprint density at radius 2 is 2.08 bits per heavy atom. The van der Waals surface area contributed by atoms with Crippen LogP contribution >= 0.6 is 12.2 Å². The molecule has 0 spiro atoms. The lowest BCUT2D eigenvalue weighted by Gasteiger charge is -2.18. The minimum atomic E-state index is -2.82. The molecule has 0 amide bonds. The molecule has 3 aromatic heterocycles. The van der Waals surface area contributed by atoms with Crippen LogP contribution in [0.2, 0.25) is 0 Å². The highest BCUT2D eigenvalue weighted by Gasteiger charge is 2.22. The molecule has 0 saturated heterocycles. The molecule has 0 bridgehead atoms. The smallest absolute Gasteiger partial charge is 0.264 e. The lowest BCUT2D eigenvalue weighted by molar-refractivity contribution is 0.153. The van der Waals surface area contributed by atoms with E-state index < -0.39 is 12.0 Å². The summed E-state index contributed by atoms with van der Waals surface area (Å²) in [7, 11) is 1.75. The van der Waals surface area contributed by atoms with E-state index in [9.17, 15) is 13.6 Å². The molecule has 3 heterocycles. The Bertz CT molecular complexity index is 1100. The highest BCUT2D eigenvalue weighted by Crippen LogP contribution is 2.31. The van der Waals surface area contributed by atoms with Gasteiger partial charge in [-0.25, -0.2) is 13.8 Å². The number of aromatic amines is 1. The number of halogens is 2. The van der Waals surface area contributed by atoms with Gasteiger partial charge < -0.3 is 0 Å². The number of nitrogens with zero attached hydrogens (tertiary/aromatic N) is 4. The maximum Gasteiger partial charge on any atom is 0.264 e. The van der Waals surface area contributed by atoms with Crippen molar-refractivity contribution in [3.63, 3.8) is 0 Å². The number of aromatic nitrogens is 5. The summed E-state index contributed by atoms with van der Waals surface area (Å²) in [4.78, 5) is 19.4. The lowest BCUT2D eigenvalue weighted by atomic mass is 10.1. The number of fused-ring (bicyclic) bond motifs is 1. The fraction of sp³-hybridized carbons (Fsp3) is 0.412. The van der Waals surface area contributed by atoms with Gasteiger partial charge in [0, 0.05) is 30.4 Å². The van der Waals surface area contributed by atoms with E-state index in [1.165, 1.54) is 6.07 Å². The molecule has 3 aromatic rings. The Morgan fingerprint density at radius 3 is 2.62 bits per heavy atom. The van der Waals surface area contributed by atoms with Crippen LogP contribution in [0.4, 0.5) is 8.78 Å². The van der Waals surface area contributed by atoms with Crippen LogP contribution in [0.3, 0.4) is 0 Å². The summed E-state index contributed by atoms with van der Waals surface area (Å²) < 4.78 is 30.9. The van der Waals surface area contributed by atoms with E-state index in [-0.39, 0.29) is 27.4 Å². The summed E-state index contributed by atoms with van der Waals surface area (Å²) in [5.74, 6) is 0. The third-order valence-electron chi connectivity index (χ3n) is 4.48. The molecule has 0 radical (unpaired) electrons. The minimum Gasteiger partial charge on any atom is -0.300 e. The molecule has 138 valence electrons. The predicted octanol–water partition coefficient (Wildman–Crippen LogP) is 4.07. The van der Waals surface area contributed by atoms with Crippen LogP contribution in [0.25, 0.3) is 22.3 Å². The van der Waals surface area contributed by atoms with Crippen molar-refractivity contribution < 1.29 is 8.78 Å². The van der Waals surface area contributed by atoms with E-state index in [2.05, 4.69) is 15.1 Å². The maximum absolute atomic E-state index is 13.8. The van der Waals surface area contributed by atoms with Crippen LogP contribution in [-0.4, -0.2) is 24.3 Å². The van der Waals surface area contributed by atoms with Crippen molar-refractivity contribution in [3.05, 3.63) is 38.6 Å². The molecule has 1 atom stereocenters. The van der Waals surface area contributed by atoms with Crippen molar-refractivity contribution in [2.75, 3.05) is 0 Å². The van der Waals surface area contributed by atoms with Gasteiger partial charge in [0.05, 0.1) is 16.8 Å². The van der Waals surface area contributed by atoms with Gasteiger partial charge in [-0.1, -0.05) is 6.92 Å². The number of alkyl halides is 2. The second-order valence-electron chi connectivity index (χ2n) is 6.28. The number of nitrogens with one attached hydrogen (secondary N) is 1. The Hall–Kier alpha value is -2.42. The largest absolute Gasteiger partial charge is 0.300 e. The summed E-state index contributed by atoms with van der Waals surface area (Å²) in [6.45, 7) is 5.63. The van der Waals surface area contributed by atoms with E-state index >= 15 is 0 Å². The zero-order valence-electron chi connectivity index (χ0n) is 14.9. The number of pyridine rings is 1. The van der Waals surface area contributed by atoms with Gasteiger partial charge in [0.25, 0.3) is 12.0 Å². The van der Waals surface area contributed by atoms with Crippen LogP contribution in [0.15, 0.2) is 17.1 Å². The molecule has 0 aliphatic rings. The Kier molecular flexibility index (Phi) is 4.74. The van der Waals surface area contributed by atoms with Crippen molar-refractivity contribution in [1.29, 1.82) is 0 Å². The molecule has 6 nitrogen and oxygen atoms in total. The summed E-state index contributed by atoms with van der Waals surface area (Å²) in [5, 5.41) is 4.12. The Labute approximate surface area is 153 Å². The van der Waals surface area contributed by atoms with Crippen molar-refractivity contribution in [1.82, 2.24) is 24.3 Å². The Balaban J connectivity index is 2.50. The van der Waals surface area contributed by atoms with Crippen LogP contribution < -0.4 is 5.56 Å². The fourth-order valence-corrected chi connectivity index (χ4v) is 3.39. The third-order valence-corrected chi connectivity index (χ3v) is 4.78. The number of hydrogen-bond acceptors (Lipinski definition) is 4. The zero-order chi connectivity index (χ0) is 19.2. The standard InChI is InChI=1S/C17H19F2N5OS/c1-5-8(2)24-15-13(16(25)21-17(24)26)10(14(18)19)6-12(20-15)11-7-23(4)22-9(11)3/h6-8,14H,5H2,1-4H3,(H,21,25,26).